The molecule has 1 aliphatic heterocycles. The van der Waals surface area contributed by atoms with Gasteiger partial charge in [-0.15, -0.1) is 0 Å². The summed E-state index contributed by atoms with van der Waals surface area (Å²) in [6, 6.07) is 0.741. The molecule has 0 aliphatic carbocycles. The van der Waals surface area contributed by atoms with Gasteiger partial charge in [0.2, 0.25) is 0 Å². The number of likely N-dealkylation sites (tertiary alicyclic amines) is 1. The van der Waals surface area contributed by atoms with Crippen LogP contribution >= 0.6 is 0 Å². The predicted molar refractivity (Wildman–Crippen MR) is 63.5 cm³/mol. The molecule has 1 saturated heterocycles. The van der Waals surface area contributed by atoms with Crippen LogP contribution < -0.4 is 0 Å². The first-order chi connectivity index (χ1) is 6.61. The Morgan fingerprint density at radius 3 is 1.79 bits per heavy atom. The molecule has 0 atom stereocenters. The highest BCUT2D eigenvalue weighted by Crippen LogP contribution is 2.25. The fourth-order valence-electron chi connectivity index (χ4n) is 2.55. The molecule has 1 fully saturated rings. The molecule has 0 aromatic carbocycles. The molecule has 0 saturated carbocycles. The summed E-state index contributed by atoms with van der Waals surface area (Å²) in [6.07, 6.45) is 5.70. The van der Waals surface area contributed by atoms with Crippen molar-refractivity contribution >= 4 is 0 Å². The molecule has 1 nitrogen and oxygen atoms in total. The molecule has 0 N–H and O–H groups in total. The smallest absolute Gasteiger partial charge is 0.00385 e. The Labute approximate surface area is 89.9 Å². The van der Waals surface area contributed by atoms with E-state index >= 15 is 0 Å². The average Bonchev–Trinajstić information content (AvgIpc) is 2.01. The van der Waals surface area contributed by atoms with Crippen LogP contribution in [-0.4, -0.2) is 24.0 Å². The Hall–Kier alpha value is -0.0400. The van der Waals surface area contributed by atoms with E-state index < -0.39 is 0 Å². The zero-order valence-corrected chi connectivity index (χ0v) is 10.4. The van der Waals surface area contributed by atoms with Crippen LogP contribution in [0, 0.1) is 11.8 Å². The summed E-state index contributed by atoms with van der Waals surface area (Å²) in [6.45, 7) is 12.0. The van der Waals surface area contributed by atoms with E-state index in [0.29, 0.717) is 0 Å². The zero-order chi connectivity index (χ0) is 10.6. The van der Waals surface area contributed by atoms with Crippen molar-refractivity contribution in [2.75, 3.05) is 13.1 Å². The molecule has 0 aromatic heterocycles. The summed E-state index contributed by atoms with van der Waals surface area (Å²) in [7, 11) is 0. The summed E-state index contributed by atoms with van der Waals surface area (Å²) in [4.78, 5) is 2.64. The molecule has 0 radical (unpaired) electrons. The minimum Gasteiger partial charge on any atom is -0.301 e. The molecule has 0 aromatic rings. The number of hydrogen-bond acceptors (Lipinski definition) is 1. The third-order valence-electron chi connectivity index (χ3n) is 3.71. The monoisotopic (exact) mass is 197 g/mol. The van der Waals surface area contributed by atoms with Crippen LogP contribution in [0.3, 0.4) is 0 Å². The van der Waals surface area contributed by atoms with E-state index in [4.69, 9.17) is 0 Å². The van der Waals surface area contributed by atoms with Crippen molar-refractivity contribution in [2.24, 2.45) is 11.8 Å². The number of rotatable bonds is 2. The molecule has 84 valence electrons. The Bertz CT molecular complexity index is 125. The Morgan fingerprint density at radius 1 is 0.929 bits per heavy atom. The quantitative estimate of drug-likeness (QED) is 0.654. The largest absolute Gasteiger partial charge is 0.301 e. The lowest BCUT2D eigenvalue weighted by molar-refractivity contribution is 0.173. The summed E-state index contributed by atoms with van der Waals surface area (Å²) < 4.78 is 0. The van der Waals surface area contributed by atoms with Crippen LogP contribution in [0.2, 0.25) is 0 Å². The van der Waals surface area contributed by atoms with E-state index in [-0.39, 0.29) is 0 Å². The van der Waals surface area contributed by atoms with E-state index in [1.807, 2.05) is 0 Å². The first-order valence-corrected chi connectivity index (χ1v) is 6.35. The van der Waals surface area contributed by atoms with Crippen LogP contribution in [0.5, 0.6) is 0 Å². The third kappa shape index (κ3) is 3.61. The standard InChI is InChI=1S/C13H27N/c1-11(2)13-7-5-9-14(12(3)4)10-6-8-13/h11-13H,5-10H2,1-4H3. The predicted octanol–water partition coefficient (Wildman–Crippen LogP) is 3.54. The van der Waals surface area contributed by atoms with E-state index in [1.165, 1.54) is 38.8 Å². The molecule has 0 unspecified atom stereocenters. The Morgan fingerprint density at radius 2 is 1.43 bits per heavy atom. The summed E-state index contributed by atoms with van der Waals surface area (Å²) in [5, 5.41) is 0. The fraction of sp³-hybridized carbons (Fsp3) is 1.00. The van der Waals surface area contributed by atoms with Crippen LogP contribution in [0.4, 0.5) is 0 Å². The summed E-state index contributed by atoms with van der Waals surface area (Å²) >= 11 is 0. The summed E-state index contributed by atoms with van der Waals surface area (Å²) in [5.41, 5.74) is 0. The fourth-order valence-corrected chi connectivity index (χ4v) is 2.55. The maximum Gasteiger partial charge on any atom is 0.00385 e. The maximum absolute atomic E-state index is 2.64. The van der Waals surface area contributed by atoms with Gasteiger partial charge in [0, 0.05) is 6.04 Å². The molecular formula is C13H27N. The van der Waals surface area contributed by atoms with Crippen molar-refractivity contribution in [3.05, 3.63) is 0 Å². The van der Waals surface area contributed by atoms with Crippen LogP contribution in [0.1, 0.15) is 53.4 Å². The number of hydrogen-bond donors (Lipinski definition) is 0. The second-order valence-electron chi connectivity index (χ2n) is 5.42. The van der Waals surface area contributed by atoms with Gasteiger partial charge in [0.1, 0.15) is 0 Å². The van der Waals surface area contributed by atoms with E-state index in [1.54, 1.807) is 0 Å². The molecule has 1 heteroatoms. The normalized spacial score (nSPS) is 22.7. The van der Waals surface area contributed by atoms with Gasteiger partial charge in [-0.1, -0.05) is 13.8 Å². The Balaban J connectivity index is 2.35. The van der Waals surface area contributed by atoms with Crippen LogP contribution in [0.25, 0.3) is 0 Å². The molecule has 1 rings (SSSR count). The second-order valence-corrected chi connectivity index (χ2v) is 5.42. The van der Waals surface area contributed by atoms with Crippen molar-refractivity contribution in [3.8, 4) is 0 Å². The molecule has 1 aliphatic rings. The van der Waals surface area contributed by atoms with Gasteiger partial charge < -0.3 is 4.90 Å². The lowest BCUT2D eigenvalue weighted by Crippen LogP contribution is -2.34. The topological polar surface area (TPSA) is 3.24 Å². The molecule has 14 heavy (non-hydrogen) atoms. The van der Waals surface area contributed by atoms with Gasteiger partial charge in [0.05, 0.1) is 0 Å². The first kappa shape index (κ1) is 12.0. The van der Waals surface area contributed by atoms with E-state index in [2.05, 4.69) is 32.6 Å². The van der Waals surface area contributed by atoms with Gasteiger partial charge in [0.25, 0.3) is 0 Å². The van der Waals surface area contributed by atoms with Gasteiger partial charge in [-0.25, -0.2) is 0 Å². The molecule has 0 amide bonds. The van der Waals surface area contributed by atoms with Crippen molar-refractivity contribution < 1.29 is 0 Å². The van der Waals surface area contributed by atoms with Gasteiger partial charge >= 0.3 is 0 Å². The van der Waals surface area contributed by atoms with Crippen molar-refractivity contribution in [1.29, 1.82) is 0 Å². The van der Waals surface area contributed by atoms with Gasteiger partial charge in [0.15, 0.2) is 0 Å². The second kappa shape index (κ2) is 5.75. The molecule has 1 heterocycles. The van der Waals surface area contributed by atoms with E-state index in [9.17, 15) is 0 Å². The highest BCUT2D eigenvalue weighted by molar-refractivity contribution is 4.71. The zero-order valence-electron chi connectivity index (χ0n) is 10.4. The first-order valence-electron chi connectivity index (χ1n) is 6.35. The van der Waals surface area contributed by atoms with Crippen molar-refractivity contribution in [3.63, 3.8) is 0 Å². The van der Waals surface area contributed by atoms with E-state index in [0.717, 1.165) is 17.9 Å². The third-order valence-corrected chi connectivity index (χ3v) is 3.71. The molecule has 0 spiro atoms. The Kier molecular flexibility index (Phi) is 4.94. The highest BCUT2D eigenvalue weighted by Gasteiger charge is 2.18. The molecule has 0 bridgehead atoms. The van der Waals surface area contributed by atoms with Gasteiger partial charge in [-0.3, -0.25) is 0 Å². The molecular weight excluding hydrogens is 170 g/mol. The minimum absolute atomic E-state index is 0.741. The SMILES string of the molecule is CC(C)C1CCCN(C(C)C)CCC1. The van der Waals surface area contributed by atoms with Crippen LogP contribution in [0.15, 0.2) is 0 Å². The summed E-state index contributed by atoms with van der Waals surface area (Å²) in [5.74, 6) is 1.88. The van der Waals surface area contributed by atoms with Crippen molar-refractivity contribution in [2.45, 2.75) is 59.4 Å². The lowest BCUT2D eigenvalue weighted by atomic mass is 9.86. The van der Waals surface area contributed by atoms with Gasteiger partial charge in [-0.05, 0) is 64.5 Å². The van der Waals surface area contributed by atoms with Gasteiger partial charge in [-0.2, -0.15) is 0 Å². The van der Waals surface area contributed by atoms with Crippen molar-refractivity contribution in [1.82, 2.24) is 4.90 Å². The number of nitrogens with zero attached hydrogens (tertiary/aromatic N) is 1. The maximum atomic E-state index is 2.64. The lowest BCUT2D eigenvalue weighted by Gasteiger charge is -2.31. The average molecular weight is 197 g/mol. The minimum atomic E-state index is 0.741. The highest BCUT2D eigenvalue weighted by atomic mass is 15.1. The van der Waals surface area contributed by atoms with Crippen LogP contribution in [-0.2, 0) is 0 Å².